The number of nitrogens with one attached hydrogen (secondary N) is 1. The second-order valence-electron chi connectivity index (χ2n) is 5.48. The predicted molar refractivity (Wildman–Crippen MR) is 102 cm³/mol. The average molecular weight is 404 g/mol. The summed E-state index contributed by atoms with van der Waals surface area (Å²) in [5, 5.41) is 20.2. The predicted octanol–water partition coefficient (Wildman–Crippen LogP) is 3.75. The molecule has 0 spiro atoms. The van der Waals surface area contributed by atoms with Crippen molar-refractivity contribution in [1.29, 1.82) is 0 Å². The number of aromatic nitrogens is 2. The maximum atomic E-state index is 12.0. The fourth-order valence-electron chi connectivity index (χ4n) is 2.18. The molecule has 0 aliphatic rings. The number of rotatable bonds is 7. The molecule has 0 atom stereocenters. The van der Waals surface area contributed by atoms with Gasteiger partial charge in [0.2, 0.25) is 11.8 Å². The van der Waals surface area contributed by atoms with E-state index in [0.717, 1.165) is 17.3 Å². The van der Waals surface area contributed by atoms with Crippen LogP contribution in [0.4, 0.5) is 5.69 Å². The number of aliphatic carboxylic acids is 1. The van der Waals surface area contributed by atoms with Crippen LogP contribution in [-0.2, 0) is 16.0 Å². The van der Waals surface area contributed by atoms with Crippen molar-refractivity contribution in [3.8, 4) is 11.5 Å². The molecule has 0 saturated carbocycles. The molecule has 1 heterocycles. The minimum atomic E-state index is -0.902. The van der Waals surface area contributed by atoms with Gasteiger partial charge < -0.3 is 14.8 Å². The highest BCUT2D eigenvalue weighted by Gasteiger charge is 2.11. The minimum absolute atomic E-state index is 0.0583. The number of carbonyl (C=O) groups is 2. The lowest BCUT2D eigenvalue weighted by Gasteiger charge is -2.05. The Hall–Kier alpha value is -2.84. The molecule has 3 aromatic rings. The van der Waals surface area contributed by atoms with Gasteiger partial charge in [0, 0.05) is 16.3 Å². The van der Waals surface area contributed by atoms with E-state index in [-0.39, 0.29) is 23.3 Å². The van der Waals surface area contributed by atoms with Crippen LogP contribution in [0.1, 0.15) is 5.56 Å². The largest absolute Gasteiger partial charge is 0.481 e. The van der Waals surface area contributed by atoms with Gasteiger partial charge in [-0.1, -0.05) is 35.5 Å². The van der Waals surface area contributed by atoms with Crippen LogP contribution in [0.5, 0.6) is 0 Å². The van der Waals surface area contributed by atoms with Crippen molar-refractivity contribution in [1.82, 2.24) is 10.2 Å². The van der Waals surface area contributed by atoms with Crippen molar-refractivity contribution in [2.24, 2.45) is 0 Å². The molecule has 0 unspecified atom stereocenters. The van der Waals surface area contributed by atoms with Gasteiger partial charge in [-0.2, -0.15) is 0 Å². The van der Waals surface area contributed by atoms with Crippen molar-refractivity contribution >= 4 is 40.9 Å². The molecule has 9 heteroatoms. The number of amides is 1. The normalized spacial score (nSPS) is 10.6. The third-order valence-corrected chi connectivity index (χ3v) is 4.49. The zero-order chi connectivity index (χ0) is 19.2. The molecule has 7 nitrogen and oxygen atoms in total. The van der Waals surface area contributed by atoms with E-state index in [9.17, 15) is 9.59 Å². The molecule has 1 aromatic heterocycles. The van der Waals surface area contributed by atoms with E-state index in [1.807, 2.05) is 0 Å². The highest BCUT2D eigenvalue weighted by molar-refractivity contribution is 7.99. The first kappa shape index (κ1) is 18.9. The molecule has 0 bridgehead atoms. The number of carbonyl (C=O) groups excluding carboxylic acids is 1. The standard InChI is InChI=1S/C18H14ClN3O4S/c19-13-5-3-12(4-6-13)17-21-22-18(26-17)27-10-15(23)20-14-7-1-11(2-8-14)9-16(24)25/h1-8H,9-10H2,(H,20,23)(H,24,25). The van der Waals surface area contributed by atoms with Crippen LogP contribution in [0.2, 0.25) is 5.02 Å². The monoisotopic (exact) mass is 403 g/mol. The van der Waals surface area contributed by atoms with E-state index in [2.05, 4.69) is 15.5 Å². The number of hydrogen-bond donors (Lipinski definition) is 2. The number of halogens is 1. The van der Waals surface area contributed by atoms with E-state index in [1.54, 1.807) is 48.5 Å². The number of carboxylic acid groups (broad SMARTS) is 1. The van der Waals surface area contributed by atoms with Gasteiger partial charge in [0.15, 0.2) is 0 Å². The van der Waals surface area contributed by atoms with Gasteiger partial charge in [-0.15, -0.1) is 10.2 Å². The highest BCUT2D eigenvalue weighted by Crippen LogP contribution is 2.24. The molecule has 1 amide bonds. The molecule has 138 valence electrons. The van der Waals surface area contributed by atoms with Crippen LogP contribution in [0, 0.1) is 0 Å². The number of benzene rings is 2. The Labute approximate surface area is 163 Å². The van der Waals surface area contributed by atoms with Crippen LogP contribution in [0.3, 0.4) is 0 Å². The van der Waals surface area contributed by atoms with Crippen molar-refractivity contribution < 1.29 is 19.1 Å². The maximum absolute atomic E-state index is 12.0. The zero-order valence-electron chi connectivity index (χ0n) is 13.9. The van der Waals surface area contributed by atoms with Crippen molar-refractivity contribution in [2.45, 2.75) is 11.6 Å². The third-order valence-electron chi connectivity index (χ3n) is 3.42. The quantitative estimate of drug-likeness (QED) is 0.578. The average Bonchev–Trinajstić information content (AvgIpc) is 3.11. The number of nitrogens with zero attached hydrogens (tertiary/aromatic N) is 2. The smallest absolute Gasteiger partial charge is 0.307 e. The Bertz CT molecular complexity index is 942. The van der Waals surface area contributed by atoms with E-state index in [4.69, 9.17) is 21.1 Å². The van der Waals surface area contributed by atoms with Gasteiger partial charge in [-0.25, -0.2) is 0 Å². The molecular weight excluding hydrogens is 390 g/mol. The summed E-state index contributed by atoms with van der Waals surface area (Å²) in [6.45, 7) is 0. The van der Waals surface area contributed by atoms with Crippen LogP contribution in [0.25, 0.3) is 11.5 Å². The molecule has 3 rings (SSSR count). The summed E-state index contributed by atoms with van der Waals surface area (Å²) >= 11 is 6.97. The van der Waals surface area contributed by atoms with Gasteiger partial charge in [-0.05, 0) is 42.0 Å². The molecule has 0 radical (unpaired) electrons. The van der Waals surface area contributed by atoms with Crippen LogP contribution in [-0.4, -0.2) is 32.9 Å². The Kier molecular flexibility index (Phi) is 6.10. The van der Waals surface area contributed by atoms with Gasteiger partial charge in [-0.3, -0.25) is 9.59 Å². The molecule has 2 N–H and O–H groups in total. The second-order valence-corrected chi connectivity index (χ2v) is 6.85. The minimum Gasteiger partial charge on any atom is -0.481 e. The lowest BCUT2D eigenvalue weighted by atomic mass is 10.1. The summed E-state index contributed by atoms with van der Waals surface area (Å²) in [5.74, 6) is -0.694. The SMILES string of the molecule is O=C(O)Cc1ccc(NC(=O)CSc2nnc(-c3ccc(Cl)cc3)o2)cc1. The molecule has 0 aliphatic heterocycles. The van der Waals surface area contributed by atoms with Crippen molar-refractivity contribution in [2.75, 3.05) is 11.1 Å². The topological polar surface area (TPSA) is 105 Å². The molecule has 0 fully saturated rings. The van der Waals surface area contributed by atoms with Gasteiger partial charge in [0.05, 0.1) is 12.2 Å². The van der Waals surface area contributed by atoms with E-state index < -0.39 is 5.97 Å². The van der Waals surface area contributed by atoms with Crippen LogP contribution < -0.4 is 5.32 Å². The molecule has 27 heavy (non-hydrogen) atoms. The van der Waals surface area contributed by atoms with Crippen LogP contribution >= 0.6 is 23.4 Å². The maximum Gasteiger partial charge on any atom is 0.307 e. The zero-order valence-corrected chi connectivity index (χ0v) is 15.5. The third kappa shape index (κ3) is 5.57. The van der Waals surface area contributed by atoms with E-state index in [1.165, 1.54) is 0 Å². The lowest BCUT2D eigenvalue weighted by molar-refractivity contribution is -0.136. The van der Waals surface area contributed by atoms with Crippen molar-refractivity contribution in [3.63, 3.8) is 0 Å². The highest BCUT2D eigenvalue weighted by atomic mass is 35.5. The van der Waals surface area contributed by atoms with E-state index >= 15 is 0 Å². The van der Waals surface area contributed by atoms with Crippen molar-refractivity contribution in [3.05, 3.63) is 59.1 Å². The first-order chi connectivity index (χ1) is 13.0. The molecule has 0 aliphatic carbocycles. The van der Waals surface area contributed by atoms with Gasteiger partial charge >= 0.3 is 5.97 Å². The second kappa shape index (κ2) is 8.70. The Morgan fingerprint density at radius 1 is 1.07 bits per heavy atom. The molecular formula is C18H14ClN3O4S. The summed E-state index contributed by atoms with van der Waals surface area (Å²) in [5.41, 5.74) is 1.99. The first-order valence-electron chi connectivity index (χ1n) is 7.82. The summed E-state index contributed by atoms with van der Waals surface area (Å²) in [6, 6.07) is 13.6. The first-order valence-corrected chi connectivity index (χ1v) is 9.19. The van der Waals surface area contributed by atoms with E-state index in [0.29, 0.717) is 22.2 Å². The molecule has 2 aromatic carbocycles. The fraction of sp³-hybridized carbons (Fsp3) is 0.111. The number of carboxylic acids is 1. The number of hydrogen-bond acceptors (Lipinski definition) is 6. The van der Waals surface area contributed by atoms with Gasteiger partial charge in [0.1, 0.15) is 0 Å². The Balaban J connectivity index is 1.52. The Morgan fingerprint density at radius 3 is 2.44 bits per heavy atom. The summed E-state index contributed by atoms with van der Waals surface area (Å²) in [4.78, 5) is 22.7. The summed E-state index contributed by atoms with van der Waals surface area (Å²) < 4.78 is 5.52. The lowest BCUT2D eigenvalue weighted by Crippen LogP contribution is -2.14. The van der Waals surface area contributed by atoms with Crippen LogP contribution in [0.15, 0.2) is 58.2 Å². The molecule has 0 saturated heterocycles. The summed E-state index contributed by atoms with van der Waals surface area (Å²) in [6.07, 6.45) is -0.0583. The summed E-state index contributed by atoms with van der Waals surface area (Å²) in [7, 11) is 0. The fourth-order valence-corrected chi connectivity index (χ4v) is 2.87. The number of anilines is 1. The Morgan fingerprint density at radius 2 is 1.78 bits per heavy atom. The van der Waals surface area contributed by atoms with Gasteiger partial charge in [0.25, 0.3) is 5.22 Å². The number of thioether (sulfide) groups is 1.